The fourth-order valence-corrected chi connectivity index (χ4v) is 2.87. The summed E-state index contributed by atoms with van der Waals surface area (Å²) in [5, 5.41) is 0. The molecule has 1 amide bonds. The van der Waals surface area contributed by atoms with Gasteiger partial charge in [0.1, 0.15) is 0 Å². The van der Waals surface area contributed by atoms with Crippen LogP contribution in [-0.4, -0.2) is 53.6 Å². The lowest BCUT2D eigenvalue weighted by molar-refractivity contribution is -0.122. The smallest absolute Gasteiger partial charge is 0.234 e. The van der Waals surface area contributed by atoms with Crippen LogP contribution in [0, 0.1) is 0 Å². The summed E-state index contributed by atoms with van der Waals surface area (Å²) in [6.07, 6.45) is 0. The van der Waals surface area contributed by atoms with Gasteiger partial charge in [-0.2, -0.15) is 0 Å². The van der Waals surface area contributed by atoms with Crippen molar-refractivity contribution in [1.29, 1.82) is 0 Å². The van der Waals surface area contributed by atoms with E-state index in [0.717, 1.165) is 4.90 Å². The van der Waals surface area contributed by atoms with Crippen molar-refractivity contribution < 1.29 is 13.7 Å². The summed E-state index contributed by atoms with van der Waals surface area (Å²) in [5.41, 5.74) is 5.33. The first-order valence-corrected chi connectivity index (χ1v) is 7.84. The van der Waals surface area contributed by atoms with Gasteiger partial charge < -0.3 is 10.5 Å². The number of ether oxygens (including phenoxy) is 1. The van der Waals surface area contributed by atoms with Crippen LogP contribution in [-0.2, 0) is 20.3 Å². The number of carbonyl (C=O) groups excluding carboxylic acids is 1. The monoisotopic (exact) mass is 298 g/mol. The van der Waals surface area contributed by atoms with Crippen LogP contribution in [0.4, 0.5) is 0 Å². The number of primary amides is 1. The molecule has 112 valence electrons. The molecule has 2 unspecified atom stereocenters. The molecule has 1 aromatic carbocycles. The molecule has 2 atom stereocenters. The third-order valence-corrected chi connectivity index (χ3v) is 4.46. The fourth-order valence-electron chi connectivity index (χ4n) is 1.78. The molecule has 0 aliphatic rings. The van der Waals surface area contributed by atoms with E-state index < -0.39 is 16.8 Å². The molecule has 0 aliphatic carbocycles. The van der Waals surface area contributed by atoms with Crippen molar-refractivity contribution in [3.8, 4) is 0 Å². The Labute approximate surface area is 122 Å². The van der Waals surface area contributed by atoms with Crippen LogP contribution in [0.5, 0.6) is 0 Å². The Morgan fingerprint density at radius 3 is 2.55 bits per heavy atom. The van der Waals surface area contributed by atoms with Gasteiger partial charge in [-0.25, -0.2) is 0 Å². The minimum absolute atomic E-state index is 0.383. The highest BCUT2D eigenvalue weighted by Crippen LogP contribution is 2.07. The van der Waals surface area contributed by atoms with Crippen molar-refractivity contribution in [1.82, 2.24) is 4.90 Å². The van der Waals surface area contributed by atoms with E-state index >= 15 is 0 Å². The number of methoxy groups -OCH3 is 1. The summed E-state index contributed by atoms with van der Waals surface area (Å²) < 4.78 is 17.2. The zero-order chi connectivity index (χ0) is 15.0. The molecule has 0 aliphatic heterocycles. The maximum Gasteiger partial charge on any atom is 0.234 e. The second-order valence-electron chi connectivity index (χ2n) is 4.47. The predicted octanol–water partition coefficient (Wildman–Crippen LogP) is 0.616. The van der Waals surface area contributed by atoms with Crippen molar-refractivity contribution in [3.63, 3.8) is 0 Å². The summed E-state index contributed by atoms with van der Waals surface area (Å²) in [4.78, 5) is 14.0. The standard InChI is InChI=1S/C14H22N2O3S/c1-12(14(15)17)16(8-10-19-2)9-11-20(18)13-6-4-3-5-7-13/h3-7,12H,8-11H2,1-2H3,(H2,15,17). The van der Waals surface area contributed by atoms with Crippen LogP contribution in [0.1, 0.15) is 6.92 Å². The number of carbonyl (C=O) groups is 1. The highest BCUT2D eigenvalue weighted by atomic mass is 32.2. The fraction of sp³-hybridized carbons (Fsp3) is 0.500. The molecule has 0 aromatic heterocycles. The van der Waals surface area contributed by atoms with Gasteiger partial charge in [0.05, 0.1) is 23.4 Å². The van der Waals surface area contributed by atoms with Gasteiger partial charge in [-0.05, 0) is 19.1 Å². The highest BCUT2D eigenvalue weighted by molar-refractivity contribution is 7.85. The number of nitrogens with two attached hydrogens (primary N) is 1. The first-order chi connectivity index (χ1) is 9.56. The van der Waals surface area contributed by atoms with E-state index in [4.69, 9.17) is 10.5 Å². The van der Waals surface area contributed by atoms with Gasteiger partial charge in [0, 0.05) is 30.8 Å². The Morgan fingerprint density at radius 2 is 2.00 bits per heavy atom. The Balaban J connectivity index is 2.57. The van der Waals surface area contributed by atoms with Crippen molar-refractivity contribution in [2.24, 2.45) is 5.73 Å². The SMILES string of the molecule is COCCN(CCS(=O)c1ccccc1)C(C)C(N)=O. The maximum absolute atomic E-state index is 12.2. The third-order valence-electron chi connectivity index (χ3n) is 3.11. The zero-order valence-electron chi connectivity index (χ0n) is 12.0. The van der Waals surface area contributed by atoms with Crippen molar-refractivity contribution >= 4 is 16.7 Å². The number of hydrogen-bond acceptors (Lipinski definition) is 4. The van der Waals surface area contributed by atoms with E-state index in [9.17, 15) is 9.00 Å². The van der Waals surface area contributed by atoms with Crippen LogP contribution < -0.4 is 5.73 Å². The number of amides is 1. The molecule has 1 aromatic rings. The molecule has 0 radical (unpaired) electrons. The summed E-state index contributed by atoms with van der Waals surface area (Å²) in [6.45, 7) is 3.39. The average Bonchev–Trinajstić information content (AvgIpc) is 2.47. The van der Waals surface area contributed by atoms with Gasteiger partial charge in [-0.15, -0.1) is 0 Å². The first-order valence-electron chi connectivity index (χ1n) is 6.52. The first kappa shape index (κ1) is 16.8. The van der Waals surface area contributed by atoms with E-state index in [-0.39, 0.29) is 5.91 Å². The molecule has 0 fully saturated rings. The lowest BCUT2D eigenvalue weighted by Crippen LogP contribution is -2.45. The van der Waals surface area contributed by atoms with Gasteiger partial charge >= 0.3 is 0 Å². The number of benzene rings is 1. The topological polar surface area (TPSA) is 72.6 Å². The largest absolute Gasteiger partial charge is 0.383 e. The van der Waals surface area contributed by atoms with Gasteiger partial charge in [0.15, 0.2) is 0 Å². The summed E-state index contributed by atoms with van der Waals surface area (Å²) in [5.74, 6) is 0.0809. The van der Waals surface area contributed by atoms with Crippen molar-refractivity contribution in [3.05, 3.63) is 30.3 Å². The van der Waals surface area contributed by atoms with Gasteiger partial charge in [-0.1, -0.05) is 18.2 Å². The predicted molar refractivity (Wildman–Crippen MR) is 79.8 cm³/mol. The normalized spacial score (nSPS) is 14.2. The molecular formula is C14H22N2O3S. The van der Waals surface area contributed by atoms with Crippen LogP contribution in [0.2, 0.25) is 0 Å². The quantitative estimate of drug-likeness (QED) is 0.725. The average molecular weight is 298 g/mol. The van der Waals surface area contributed by atoms with Gasteiger partial charge in [-0.3, -0.25) is 13.9 Å². The van der Waals surface area contributed by atoms with Crippen LogP contribution in [0.3, 0.4) is 0 Å². The summed E-state index contributed by atoms with van der Waals surface area (Å²) in [6, 6.07) is 8.91. The second kappa shape index (κ2) is 8.84. The Bertz CT molecular complexity index is 439. The van der Waals surface area contributed by atoms with E-state index in [1.807, 2.05) is 35.2 Å². The summed E-state index contributed by atoms with van der Waals surface area (Å²) >= 11 is 0. The highest BCUT2D eigenvalue weighted by Gasteiger charge is 2.19. The minimum atomic E-state index is -1.07. The van der Waals surface area contributed by atoms with Crippen LogP contribution >= 0.6 is 0 Å². The van der Waals surface area contributed by atoms with E-state index in [1.54, 1.807) is 14.0 Å². The molecular weight excluding hydrogens is 276 g/mol. The summed E-state index contributed by atoms with van der Waals surface area (Å²) in [7, 11) is 0.532. The Morgan fingerprint density at radius 1 is 1.35 bits per heavy atom. The molecule has 0 spiro atoms. The second-order valence-corrected chi connectivity index (χ2v) is 6.04. The molecule has 5 nitrogen and oxygen atoms in total. The van der Waals surface area contributed by atoms with Gasteiger partial charge in [0.25, 0.3) is 0 Å². The van der Waals surface area contributed by atoms with Crippen molar-refractivity contribution in [2.75, 3.05) is 32.6 Å². The number of nitrogens with zero attached hydrogens (tertiary/aromatic N) is 1. The minimum Gasteiger partial charge on any atom is -0.383 e. The molecule has 6 heteroatoms. The molecule has 2 N–H and O–H groups in total. The third kappa shape index (κ3) is 5.40. The van der Waals surface area contributed by atoms with E-state index in [2.05, 4.69) is 0 Å². The van der Waals surface area contributed by atoms with Crippen molar-refractivity contribution in [2.45, 2.75) is 17.9 Å². The lowest BCUT2D eigenvalue weighted by Gasteiger charge is -2.26. The van der Waals surface area contributed by atoms with Crippen LogP contribution in [0.25, 0.3) is 0 Å². The molecule has 0 saturated carbocycles. The van der Waals surface area contributed by atoms with Gasteiger partial charge in [0.2, 0.25) is 5.91 Å². The Hall–Kier alpha value is -1.24. The van der Waals surface area contributed by atoms with E-state index in [1.165, 1.54) is 0 Å². The van der Waals surface area contributed by atoms with Crippen LogP contribution in [0.15, 0.2) is 35.2 Å². The Kier molecular flexibility index (Phi) is 7.43. The number of rotatable bonds is 9. The molecule has 20 heavy (non-hydrogen) atoms. The molecule has 1 rings (SSSR count). The zero-order valence-corrected chi connectivity index (χ0v) is 12.8. The molecule has 0 saturated heterocycles. The molecule has 0 bridgehead atoms. The lowest BCUT2D eigenvalue weighted by atomic mass is 10.2. The number of hydrogen-bond donors (Lipinski definition) is 1. The maximum atomic E-state index is 12.2. The van der Waals surface area contributed by atoms with E-state index in [0.29, 0.717) is 25.4 Å². The molecule has 0 heterocycles.